The maximum atomic E-state index is 11.9. The number of nitrogens with zero attached hydrogens (tertiary/aromatic N) is 2. The molecule has 0 radical (unpaired) electrons. The van der Waals surface area contributed by atoms with Gasteiger partial charge in [-0.05, 0) is 18.6 Å². The molecule has 0 fully saturated rings. The number of aryl methyl sites for hydroxylation is 1. The zero-order chi connectivity index (χ0) is 13.1. The monoisotopic (exact) mass is 252 g/mol. The van der Waals surface area contributed by atoms with Gasteiger partial charge in [0.25, 0.3) is 10.0 Å². The first-order chi connectivity index (χ1) is 7.92. The Hall–Kier alpha value is -1.87. The molecule has 0 saturated carbocycles. The van der Waals surface area contributed by atoms with E-state index in [4.69, 9.17) is 10.00 Å². The van der Waals surface area contributed by atoms with Gasteiger partial charge in [-0.15, -0.1) is 4.40 Å². The number of hydrogen-bond donors (Lipinski definition) is 0. The summed E-state index contributed by atoms with van der Waals surface area (Å²) < 4.78 is 32.0. The van der Waals surface area contributed by atoms with E-state index in [2.05, 4.69) is 4.40 Å². The smallest absolute Gasteiger partial charge is 0.286 e. The van der Waals surface area contributed by atoms with E-state index in [0.29, 0.717) is 5.56 Å². The Morgan fingerprint density at radius 3 is 2.65 bits per heavy atom. The van der Waals surface area contributed by atoms with Crippen molar-refractivity contribution in [3.8, 4) is 6.07 Å². The summed E-state index contributed by atoms with van der Waals surface area (Å²) in [5.74, 6) is 0.0235. The molecule has 1 aromatic carbocycles. The van der Waals surface area contributed by atoms with Crippen molar-refractivity contribution in [2.75, 3.05) is 7.11 Å². The molecule has 0 bridgehead atoms. The molecular weight excluding hydrogens is 240 g/mol. The number of hydrogen-bond acceptors (Lipinski definition) is 4. The van der Waals surface area contributed by atoms with Crippen LogP contribution >= 0.6 is 0 Å². The van der Waals surface area contributed by atoms with Crippen LogP contribution in [-0.2, 0) is 14.8 Å². The predicted octanol–water partition coefficient (Wildman–Crippen LogP) is 1.62. The molecule has 5 nitrogen and oxygen atoms in total. The number of rotatable bonds is 2. The van der Waals surface area contributed by atoms with Gasteiger partial charge in [-0.1, -0.05) is 12.1 Å². The summed E-state index contributed by atoms with van der Waals surface area (Å²) >= 11 is 0. The van der Waals surface area contributed by atoms with Gasteiger partial charge in [0.2, 0.25) is 0 Å². The molecule has 0 aliphatic carbocycles. The Bertz CT molecular complexity index is 598. The van der Waals surface area contributed by atoms with Crippen LogP contribution in [0, 0.1) is 18.3 Å². The van der Waals surface area contributed by atoms with Crippen LogP contribution in [0.5, 0.6) is 0 Å². The van der Waals surface area contributed by atoms with Crippen molar-refractivity contribution in [3.05, 3.63) is 29.3 Å². The number of methoxy groups -OCH3 is 1. The average Bonchev–Trinajstić information content (AvgIpc) is 2.28. The molecule has 0 unspecified atom stereocenters. The second kappa shape index (κ2) is 4.97. The third kappa shape index (κ3) is 2.82. The number of sulfonamides is 1. The highest BCUT2D eigenvalue weighted by atomic mass is 32.2. The molecule has 0 saturated heterocycles. The lowest BCUT2D eigenvalue weighted by Gasteiger charge is -2.05. The van der Waals surface area contributed by atoms with E-state index in [9.17, 15) is 8.42 Å². The third-order valence-electron chi connectivity index (χ3n) is 2.17. The Balaban J connectivity index is 3.46. The van der Waals surface area contributed by atoms with Gasteiger partial charge >= 0.3 is 0 Å². The van der Waals surface area contributed by atoms with Crippen molar-refractivity contribution in [3.63, 3.8) is 0 Å². The van der Waals surface area contributed by atoms with Crippen molar-refractivity contribution in [2.45, 2.75) is 18.7 Å². The first kappa shape index (κ1) is 13.2. The maximum absolute atomic E-state index is 11.9. The maximum Gasteiger partial charge on any atom is 0.286 e. The van der Waals surface area contributed by atoms with Gasteiger partial charge < -0.3 is 4.74 Å². The topological polar surface area (TPSA) is 79.5 Å². The minimum absolute atomic E-state index is 0.0235. The molecule has 90 valence electrons. The second-order valence-electron chi connectivity index (χ2n) is 3.35. The fourth-order valence-corrected chi connectivity index (χ4v) is 2.48. The van der Waals surface area contributed by atoms with Crippen LogP contribution in [-0.4, -0.2) is 21.4 Å². The Labute approximate surface area is 100 Å². The molecule has 0 N–H and O–H groups in total. The van der Waals surface area contributed by atoms with Gasteiger partial charge in [0.1, 0.15) is 11.0 Å². The van der Waals surface area contributed by atoms with Crippen LogP contribution in [0.3, 0.4) is 0 Å². The van der Waals surface area contributed by atoms with Crippen LogP contribution < -0.4 is 0 Å². The van der Waals surface area contributed by atoms with Gasteiger partial charge in [-0.2, -0.15) is 13.7 Å². The quantitative estimate of drug-likeness (QED) is 0.591. The second-order valence-corrected chi connectivity index (χ2v) is 4.92. The number of benzene rings is 1. The molecule has 0 aliphatic rings. The van der Waals surface area contributed by atoms with E-state index >= 15 is 0 Å². The van der Waals surface area contributed by atoms with Crippen LogP contribution in [0.1, 0.15) is 18.1 Å². The summed E-state index contributed by atoms with van der Waals surface area (Å²) in [7, 11) is -2.57. The molecule has 6 heteroatoms. The minimum Gasteiger partial charge on any atom is -0.484 e. The normalized spacial score (nSPS) is 12.0. The molecule has 0 aliphatic heterocycles. The fraction of sp³-hybridized carbons (Fsp3) is 0.273. The fourth-order valence-electron chi connectivity index (χ4n) is 1.25. The Morgan fingerprint density at radius 1 is 1.47 bits per heavy atom. The lowest BCUT2D eigenvalue weighted by molar-refractivity contribution is 0.401. The Morgan fingerprint density at radius 2 is 2.12 bits per heavy atom. The largest absolute Gasteiger partial charge is 0.484 e. The highest BCUT2D eigenvalue weighted by molar-refractivity contribution is 7.90. The minimum atomic E-state index is -3.90. The van der Waals surface area contributed by atoms with Gasteiger partial charge in [0.15, 0.2) is 5.90 Å². The van der Waals surface area contributed by atoms with Crippen LogP contribution in [0.4, 0.5) is 0 Å². The SMILES string of the molecule is CO/C(C)=N/S(=O)(=O)c1cccc(C)c1C#N. The van der Waals surface area contributed by atoms with Crippen molar-refractivity contribution < 1.29 is 13.2 Å². The Kier molecular flexibility index (Phi) is 3.86. The molecular formula is C11H12N2O3S. The summed E-state index contributed by atoms with van der Waals surface area (Å²) in [5.41, 5.74) is 0.707. The summed E-state index contributed by atoms with van der Waals surface area (Å²) in [6.07, 6.45) is 0. The molecule has 0 aromatic heterocycles. The molecule has 0 spiro atoms. The highest BCUT2D eigenvalue weighted by Gasteiger charge is 2.19. The number of ether oxygens (including phenoxy) is 1. The van der Waals surface area contributed by atoms with Crippen molar-refractivity contribution in [1.29, 1.82) is 5.26 Å². The van der Waals surface area contributed by atoms with Crippen molar-refractivity contribution >= 4 is 15.9 Å². The van der Waals surface area contributed by atoms with E-state index in [-0.39, 0.29) is 16.4 Å². The zero-order valence-electron chi connectivity index (χ0n) is 9.76. The lowest BCUT2D eigenvalue weighted by atomic mass is 10.1. The van der Waals surface area contributed by atoms with Gasteiger partial charge in [-0.3, -0.25) is 0 Å². The first-order valence-electron chi connectivity index (χ1n) is 4.77. The van der Waals surface area contributed by atoms with Crippen molar-refractivity contribution in [1.82, 2.24) is 0 Å². The summed E-state index contributed by atoms with van der Waals surface area (Å²) in [4.78, 5) is -0.101. The molecule has 0 atom stereocenters. The lowest BCUT2D eigenvalue weighted by Crippen LogP contribution is -2.06. The van der Waals surface area contributed by atoms with E-state index < -0.39 is 10.0 Å². The zero-order valence-corrected chi connectivity index (χ0v) is 10.6. The standard InChI is InChI=1S/C11H12N2O3S/c1-8-5-4-6-11(10(8)7-12)17(14,15)13-9(2)16-3/h4-6H,1-3H3/b13-9+. The summed E-state index contributed by atoms with van der Waals surface area (Å²) in [6.45, 7) is 3.10. The van der Waals surface area contributed by atoms with Gasteiger partial charge in [0, 0.05) is 6.92 Å². The molecule has 0 heterocycles. The predicted molar refractivity (Wildman–Crippen MR) is 63.2 cm³/mol. The molecule has 0 amide bonds. The van der Waals surface area contributed by atoms with Gasteiger partial charge in [-0.25, -0.2) is 0 Å². The van der Waals surface area contributed by atoms with E-state index in [1.165, 1.54) is 20.1 Å². The van der Waals surface area contributed by atoms with Crippen LogP contribution in [0.15, 0.2) is 27.5 Å². The van der Waals surface area contributed by atoms with Crippen molar-refractivity contribution in [2.24, 2.45) is 4.40 Å². The first-order valence-corrected chi connectivity index (χ1v) is 6.21. The highest BCUT2D eigenvalue weighted by Crippen LogP contribution is 2.20. The van der Waals surface area contributed by atoms with E-state index in [1.54, 1.807) is 19.1 Å². The van der Waals surface area contributed by atoms with E-state index in [1.807, 2.05) is 6.07 Å². The summed E-state index contributed by atoms with van der Waals surface area (Å²) in [5, 5.41) is 8.96. The molecule has 1 rings (SSSR count). The average molecular weight is 252 g/mol. The molecule has 1 aromatic rings. The van der Waals surface area contributed by atoms with Crippen LogP contribution in [0.25, 0.3) is 0 Å². The number of nitriles is 1. The summed E-state index contributed by atoms with van der Waals surface area (Å²) in [6, 6.07) is 6.47. The van der Waals surface area contributed by atoms with Gasteiger partial charge in [0.05, 0.1) is 12.7 Å². The van der Waals surface area contributed by atoms with Crippen LogP contribution in [0.2, 0.25) is 0 Å². The third-order valence-corrected chi connectivity index (χ3v) is 3.56. The molecule has 17 heavy (non-hydrogen) atoms. The van der Waals surface area contributed by atoms with E-state index in [0.717, 1.165) is 0 Å².